The number of oxime groups is 1. The summed E-state index contributed by atoms with van der Waals surface area (Å²) in [6, 6.07) is -0.0174. The van der Waals surface area contributed by atoms with Gasteiger partial charge < -0.3 is 5.21 Å². The topological polar surface area (TPSA) is 79.1 Å². The van der Waals surface area contributed by atoms with Crippen molar-refractivity contribution >= 4 is 23.5 Å². The number of carbonyl (C=O) groups excluding carboxylic acids is 2. The summed E-state index contributed by atoms with van der Waals surface area (Å²) in [5.74, 6) is -0.871. The third-order valence-electron chi connectivity index (χ3n) is 1.23. The van der Waals surface area contributed by atoms with Crippen LogP contribution >= 0.6 is 0 Å². The summed E-state index contributed by atoms with van der Waals surface area (Å²) in [6.07, 6.45) is 0.0917. The molecule has 0 aliphatic carbocycles. The van der Waals surface area contributed by atoms with Crippen LogP contribution in [0.25, 0.3) is 0 Å². The molecule has 0 heterocycles. The Balaban J connectivity index is 4.81. The molecule has 1 N–H and O–H groups in total. The van der Waals surface area contributed by atoms with Crippen molar-refractivity contribution in [3.8, 4) is 0 Å². The van der Waals surface area contributed by atoms with Crippen LogP contribution in [0.2, 0.25) is 0 Å². The largest absolute Gasteiger partial charge is 0.410 e. The van der Waals surface area contributed by atoms with Crippen LogP contribution < -0.4 is 0 Å². The van der Waals surface area contributed by atoms with Crippen LogP contribution in [0.1, 0.15) is 20.8 Å². The second-order valence-corrected chi connectivity index (χ2v) is 2.74. The Morgan fingerprint density at radius 2 is 2.00 bits per heavy atom. The van der Waals surface area contributed by atoms with E-state index in [1.165, 1.54) is 6.92 Å². The van der Waals surface area contributed by atoms with Gasteiger partial charge in [-0.3, -0.25) is 14.6 Å². The lowest BCUT2D eigenvalue weighted by molar-refractivity contribution is -0.125. The fourth-order valence-corrected chi connectivity index (χ4v) is 0.804. The van der Waals surface area contributed by atoms with E-state index in [9.17, 15) is 9.59 Å². The van der Waals surface area contributed by atoms with Gasteiger partial charge in [-0.25, -0.2) is 0 Å². The molecule has 0 aliphatic heterocycles. The standard InChI is InChI=1S/C8H12N2O3/c1-5(2)9-6(3)8(10-13)7(12)4-11/h4-5,13H,1-3H3. The molecule has 0 unspecified atom stereocenters. The summed E-state index contributed by atoms with van der Waals surface area (Å²) in [7, 11) is 0. The number of hydrogen-bond donors (Lipinski definition) is 1. The van der Waals surface area contributed by atoms with Gasteiger partial charge in [0, 0.05) is 6.04 Å². The van der Waals surface area contributed by atoms with Crippen molar-refractivity contribution < 1.29 is 14.8 Å². The van der Waals surface area contributed by atoms with Crippen molar-refractivity contribution in [3.63, 3.8) is 0 Å². The van der Waals surface area contributed by atoms with Crippen LogP contribution in [0, 0.1) is 0 Å². The van der Waals surface area contributed by atoms with Crippen LogP contribution in [-0.4, -0.2) is 34.7 Å². The Bertz CT molecular complexity index is 267. The molecule has 0 bridgehead atoms. The maximum atomic E-state index is 10.8. The number of hydrogen-bond acceptors (Lipinski definition) is 5. The Hall–Kier alpha value is -1.52. The summed E-state index contributed by atoms with van der Waals surface area (Å²) >= 11 is 0. The highest BCUT2D eigenvalue weighted by Crippen LogP contribution is 1.92. The summed E-state index contributed by atoms with van der Waals surface area (Å²) in [5.41, 5.74) is -0.0432. The van der Waals surface area contributed by atoms with E-state index in [-0.39, 0.29) is 23.8 Å². The van der Waals surface area contributed by atoms with E-state index in [0.717, 1.165) is 0 Å². The Morgan fingerprint density at radius 1 is 1.46 bits per heavy atom. The number of nitrogens with zero attached hydrogens (tertiary/aromatic N) is 2. The van der Waals surface area contributed by atoms with E-state index in [0.29, 0.717) is 0 Å². The van der Waals surface area contributed by atoms with Gasteiger partial charge in [0.2, 0.25) is 5.78 Å². The minimum Gasteiger partial charge on any atom is -0.410 e. The molecule has 13 heavy (non-hydrogen) atoms. The monoisotopic (exact) mass is 184 g/mol. The Kier molecular flexibility index (Phi) is 4.58. The third-order valence-corrected chi connectivity index (χ3v) is 1.23. The van der Waals surface area contributed by atoms with Gasteiger partial charge >= 0.3 is 0 Å². The summed E-state index contributed by atoms with van der Waals surface area (Å²) in [6.45, 7) is 5.13. The predicted molar refractivity (Wildman–Crippen MR) is 48.5 cm³/mol. The summed E-state index contributed by atoms with van der Waals surface area (Å²) < 4.78 is 0. The smallest absolute Gasteiger partial charge is 0.248 e. The third kappa shape index (κ3) is 3.59. The molecule has 0 rings (SSSR count). The van der Waals surface area contributed by atoms with E-state index < -0.39 is 5.78 Å². The molecule has 0 aromatic carbocycles. The lowest BCUT2D eigenvalue weighted by Gasteiger charge is -2.01. The van der Waals surface area contributed by atoms with Gasteiger partial charge in [0.1, 0.15) is 0 Å². The van der Waals surface area contributed by atoms with Crippen molar-refractivity contribution in [2.45, 2.75) is 26.8 Å². The molecule has 0 fully saturated rings. The molecular formula is C8H12N2O3. The van der Waals surface area contributed by atoms with Crippen LogP contribution in [0.5, 0.6) is 0 Å². The van der Waals surface area contributed by atoms with Gasteiger partial charge in [-0.05, 0) is 20.8 Å². The van der Waals surface area contributed by atoms with Crippen molar-refractivity contribution in [1.82, 2.24) is 0 Å². The highest BCUT2D eigenvalue weighted by molar-refractivity contribution is 6.77. The van der Waals surface area contributed by atoms with Crippen molar-refractivity contribution in [1.29, 1.82) is 0 Å². The predicted octanol–water partition coefficient (Wildman–Crippen LogP) is 0.454. The number of ketones is 1. The van der Waals surface area contributed by atoms with E-state index in [2.05, 4.69) is 10.1 Å². The van der Waals surface area contributed by atoms with Crippen LogP contribution in [0.3, 0.4) is 0 Å². The van der Waals surface area contributed by atoms with E-state index in [1.54, 1.807) is 0 Å². The molecule has 5 heteroatoms. The van der Waals surface area contributed by atoms with Crippen molar-refractivity contribution in [2.75, 3.05) is 0 Å². The van der Waals surface area contributed by atoms with Gasteiger partial charge in [-0.2, -0.15) is 0 Å². The Labute approximate surface area is 76.2 Å². The number of carbonyl (C=O) groups is 2. The zero-order chi connectivity index (χ0) is 10.4. The van der Waals surface area contributed by atoms with Crippen LogP contribution in [-0.2, 0) is 9.59 Å². The highest BCUT2D eigenvalue weighted by Gasteiger charge is 2.14. The minimum absolute atomic E-state index is 0.0174. The summed E-state index contributed by atoms with van der Waals surface area (Å²) in [5, 5.41) is 11.2. The molecule has 0 saturated heterocycles. The SMILES string of the molecule is CC(=NC(C)C)C(=NO)C(=O)C=O. The van der Waals surface area contributed by atoms with Gasteiger partial charge in [-0.1, -0.05) is 5.16 Å². The Morgan fingerprint density at radius 3 is 2.31 bits per heavy atom. The zero-order valence-electron chi connectivity index (χ0n) is 7.81. The number of rotatable bonds is 4. The molecule has 0 radical (unpaired) electrons. The second kappa shape index (κ2) is 5.18. The normalized spacial score (nSPS) is 13.2. The van der Waals surface area contributed by atoms with E-state index >= 15 is 0 Å². The fraction of sp³-hybridized carbons (Fsp3) is 0.500. The highest BCUT2D eigenvalue weighted by atomic mass is 16.4. The van der Waals surface area contributed by atoms with Gasteiger partial charge in [0.25, 0.3) is 0 Å². The fourth-order valence-electron chi connectivity index (χ4n) is 0.804. The van der Waals surface area contributed by atoms with E-state index in [1.807, 2.05) is 13.8 Å². The minimum atomic E-state index is -0.871. The quantitative estimate of drug-likeness (QED) is 0.226. The molecule has 0 aliphatic rings. The van der Waals surface area contributed by atoms with Gasteiger partial charge in [0.15, 0.2) is 12.0 Å². The lowest BCUT2D eigenvalue weighted by atomic mass is 10.2. The maximum Gasteiger partial charge on any atom is 0.248 e. The molecule has 0 atom stereocenters. The molecule has 0 aromatic heterocycles. The average molecular weight is 184 g/mol. The molecule has 0 saturated carbocycles. The summed E-state index contributed by atoms with van der Waals surface area (Å²) in [4.78, 5) is 24.9. The zero-order valence-corrected chi connectivity index (χ0v) is 7.81. The number of Topliss-reactive ketones (excluding diaryl/α,β-unsaturated/α-hetero) is 1. The first-order chi connectivity index (χ1) is 6.02. The average Bonchev–Trinajstić information content (AvgIpc) is 2.03. The van der Waals surface area contributed by atoms with Gasteiger partial charge in [-0.15, -0.1) is 0 Å². The second-order valence-electron chi connectivity index (χ2n) is 2.74. The lowest BCUT2D eigenvalue weighted by Crippen LogP contribution is -2.24. The number of aldehydes is 1. The first-order valence-electron chi connectivity index (χ1n) is 3.79. The first-order valence-corrected chi connectivity index (χ1v) is 3.79. The van der Waals surface area contributed by atoms with Gasteiger partial charge in [0.05, 0.1) is 5.71 Å². The molecular weight excluding hydrogens is 172 g/mol. The molecule has 0 amide bonds. The van der Waals surface area contributed by atoms with Crippen LogP contribution in [0.4, 0.5) is 0 Å². The molecule has 0 aromatic rings. The van der Waals surface area contributed by atoms with Crippen molar-refractivity contribution in [3.05, 3.63) is 0 Å². The number of aliphatic imine (C=N–C) groups is 1. The van der Waals surface area contributed by atoms with Crippen LogP contribution in [0.15, 0.2) is 10.1 Å². The molecule has 0 spiro atoms. The maximum absolute atomic E-state index is 10.8. The van der Waals surface area contributed by atoms with Crippen molar-refractivity contribution in [2.24, 2.45) is 10.1 Å². The molecule has 72 valence electrons. The molecule has 5 nitrogen and oxygen atoms in total. The van der Waals surface area contributed by atoms with E-state index in [4.69, 9.17) is 5.21 Å². The first kappa shape index (κ1) is 11.5.